The summed E-state index contributed by atoms with van der Waals surface area (Å²) < 4.78 is 29.3. The molecule has 1 N–H and O–H groups in total. The lowest BCUT2D eigenvalue weighted by atomic mass is 10.1. The van der Waals surface area contributed by atoms with Crippen LogP contribution in [0.15, 0.2) is 82.2 Å². The number of nitrogens with zero attached hydrogens (tertiary/aromatic N) is 2. The maximum Gasteiger partial charge on any atom is 0.264 e. The van der Waals surface area contributed by atoms with Gasteiger partial charge in [-0.2, -0.15) is 0 Å². The van der Waals surface area contributed by atoms with E-state index >= 15 is 0 Å². The van der Waals surface area contributed by atoms with Crippen LogP contribution >= 0.6 is 27.5 Å². The molecule has 10 heteroatoms. The van der Waals surface area contributed by atoms with Crippen LogP contribution in [0.1, 0.15) is 31.9 Å². The second-order valence-electron chi connectivity index (χ2n) is 9.30. The molecular weight excluding hydrogens is 590 g/mol. The molecule has 7 nitrogen and oxygen atoms in total. The Bertz CT molecular complexity index is 1400. The van der Waals surface area contributed by atoms with Crippen LogP contribution in [0, 0.1) is 6.92 Å². The predicted octanol–water partition coefficient (Wildman–Crippen LogP) is 5.55. The first-order valence-electron chi connectivity index (χ1n) is 12.1. The second kappa shape index (κ2) is 12.8. The molecular formula is C28H31BrClN3O4S. The predicted molar refractivity (Wildman–Crippen MR) is 155 cm³/mol. The zero-order valence-corrected chi connectivity index (χ0v) is 24.8. The Labute approximate surface area is 238 Å². The molecule has 0 saturated heterocycles. The Kier molecular flexibility index (Phi) is 9.98. The highest BCUT2D eigenvalue weighted by Crippen LogP contribution is 2.27. The molecule has 3 aromatic rings. The summed E-state index contributed by atoms with van der Waals surface area (Å²) in [4.78, 5) is 28.2. The largest absolute Gasteiger partial charge is 0.352 e. The molecule has 1 unspecified atom stereocenters. The number of carbonyl (C=O) groups is 2. The number of rotatable bonds is 10. The van der Waals surface area contributed by atoms with E-state index in [0.717, 1.165) is 9.87 Å². The molecule has 0 spiro atoms. The van der Waals surface area contributed by atoms with Gasteiger partial charge in [0.25, 0.3) is 10.0 Å². The van der Waals surface area contributed by atoms with Crippen LogP contribution in [0.25, 0.3) is 0 Å². The molecule has 0 heterocycles. The Hall–Kier alpha value is -2.88. The number of carbonyl (C=O) groups excluding carboxylic acids is 2. The molecule has 0 aliphatic heterocycles. The summed E-state index contributed by atoms with van der Waals surface area (Å²) >= 11 is 9.55. The van der Waals surface area contributed by atoms with Gasteiger partial charge in [0.1, 0.15) is 12.6 Å². The van der Waals surface area contributed by atoms with Crippen molar-refractivity contribution in [2.45, 2.75) is 51.2 Å². The average Bonchev–Trinajstić information content (AvgIpc) is 2.85. The number of nitrogens with one attached hydrogen (secondary N) is 1. The van der Waals surface area contributed by atoms with Gasteiger partial charge in [0.05, 0.1) is 10.6 Å². The molecule has 3 rings (SSSR count). The number of aryl methyl sites for hydroxylation is 1. The minimum absolute atomic E-state index is 0.0582. The molecule has 2 amide bonds. The molecule has 202 valence electrons. The highest BCUT2D eigenvalue weighted by atomic mass is 79.9. The lowest BCUT2D eigenvalue weighted by molar-refractivity contribution is -0.139. The second-order valence-corrected chi connectivity index (χ2v) is 12.5. The number of amides is 2. The maximum atomic E-state index is 13.9. The average molecular weight is 621 g/mol. The number of halogens is 2. The smallest absolute Gasteiger partial charge is 0.264 e. The molecule has 38 heavy (non-hydrogen) atoms. The van der Waals surface area contributed by atoms with Gasteiger partial charge in [0.15, 0.2) is 0 Å². The van der Waals surface area contributed by atoms with Crippen molar-refractivity contribution in [2.24, 2.45) is 0 Å². The standard InChI is InChI=1S/C28H31BrClN3O4S/c1-19(2)31-28(35)21(4)32(17-22-7-5-9-24(30)15-22)27(34)18-33(25-10-6-8-23(29)16-25)38(36,37)26-13-11-20(3)12-14-26/h5-16,19,21H,17-18H2,1-4H3,(H,31,35). The fraction of sp³-hybridized carbons (Fsp3) is 0.286. The summed E-state index contributed by atoms with van der Waals surface area (Å²) in [7, 11) is -4.12. The summed E-state index contributed by atoms with van der Waals surface area (Å²) in [5, 5.41) is 3.32. The Morgan fingerprint density at radius 3 is 2.24 bits per heavy atom. The van der Waals surface area contributed by atoms with E-state index in [1.54, 1.807) is 67.6 Å². The fourth-order valence-corrected chi connectivity index (χ4v) is 5.82. The minimum atomic E-state index is -4.12. The normalized spacial score (nSPS) is 12.2. The van der Waals surface area contributed by atoms with Crippen LogP contribution in [0.5, 0.6) is 0 Å². The first-order valence-corrected chi connectivity index (χ1v) is 14.7. The fourth-order valence-electron chi connectivity index (χ4n) is 3.82. The molecule has 0 radical (unpaired) electrons. The van der Waals surface area contributed by atoms with Gasteiger partial charge in [-0.25, -0.2) is 8.42 Å². The number of anilines is 1. The van der Waals surface area contributed by atoms with Crippen molar-refractivity contribution in [3.63, 3.8) is 0 Å². The monoisotopic (exact) mass is 619 g/mol. The molecule has 1 atom stereocenters. The van der Waals surface area contributed by atoms with Crippen molar-refractivity contribution in [3.8, 4) is 0 Å². The third-order valence-corrected chi connectivity index (χ3v) is 8.34. The summed E-state index contributed by atoms with van der Waals surface area (Å²) in [5.74, 6) is -0.877. The minimum Gasteiger partial charge on any atom is -0.352 e. The molecule has 0 bridgehead atoms. The zero-order valence-electron chi connectivity index (χ0n) is 21.7. The van der Waals surface area contributed by atoms with E-state index in [0.29, 0.717) is 20.7 Å². The van der Waals surface area contributed by atoms with Crippen LogP contribution in [-0.2, 0) is 26.2 Å². The van der Waals surface area contributed by atoms with Gasteiger partial charge in [-0.05, 0) is 75.7 Å². The van der Waals surface area contributed by atoms with Gasteiger partial charge in [0.2, 0.25) is 11.8 Å². The first kappa shape index (κ1) is 29.7. The van der Waals surface area contributed by atoms with Crippen molar-refractivity contribution in [2.75, 3.05) is 10.8 Å². The van der Waals surface area contributed by atoms with E-state index < -0.39 is 28.5 Å². The van der Waals surface area contributed by atoms with Crippen LogP contribution < -0.4 is 9.62 Å². The maximum absolute atomic E-state index is 13.9. The van der Waals surface area contributed by atoms with Gasteiger partial charge in [-0.1, -0.05) is 63.4 Å². The quantitative estimate of drug-likeness (QED) is 0.322. The number of sulfonamides is 1. The van der Waals surface area contributed by atoms with Crippen molar-refractivity contribution < 1.29 is 18.0 Å². The van der Waals surface area contributed by atoms with Gasteiger partial charge < -0.3 is 10.2 Å². The third-order valence-electron chi connectivity index (χ3n) is 5.82. The number of hydrogen-bond acceptors (Lipinski definition) is 4. The van der Waals surface area contributed by atoms with Gasteiger partial charge in [0, 0.05) is 22.1 Å². The van der Waals surface area contributed by atoms with Gasteiger partial charge >= 0.3 is 0 Å². The van der Waals surface area contributed by atoms with Crippen molar-refractivity contribution in [1.82, 2.24) is 10.2 Å². The van der Waals surface area contributed by atoms with Crippen molar-refractivity contribution >= 4 is 55.1 Å². The van der Waals surface area contributed by atoms with Gasteiger partial charge in [-0.3, -0.25) is 13.9 Å². The summed E-state index contributed by atoms with van der Waals surface area (Å²) in [5.41, 5.74) is 1.94. The van der Waals surface area contributed by atoms with E-state index in [2.05, 4.69) is 21.2 Å². The van der Waals surface area contributed by atoms with E-state index in [1.165, 1.54) is 17.0 Å². The summed E-state index contributed by atoms with van der Waals surface area (Å²) in [6.45, 7) is 6.71. The van der Waals surface area contributed by atoms with E-state index in [9.17, 15) is 18.0 Å². The lowest BCUT2D eigenvalue weighted by Gasteiger charge is -2.32. The Morgan fingerprint density at radius 2 is 1.63 bits per heavy atom. The van der Waals surface area contributed by atoms with Crippen LogP contribution in [-0.4, -0.2) is 43.8 Å². The van der Waals surface area contributed by atoms with Crippen LogP contribution in [0.2, 0.25) is 5.02 Å². The zero-order chi connectivity index (χ0) is 28.0. The third kappa shape index (κ3) is 7.58. The van der Waals surface area contributed by atoms with Crippen molar-refractivity contribution in [1.29, 1.82) is 0 Å². The number of benzene rings is 3. The molecule has 0 aromatic heterocycles. The van der Waals surface area contributed by atoms with Crippen LogP contribution in [0.4, 0.5) is 5.69 Å². The van der Waals surface area contributed by atoms with E-state index in [4.69, 9.17) is 11.6 Å². The lowest BCUT2D eigenvalue weighted by Crippen LogP contribution is -2.52. The van der Waals surface area contributed by atoms with E-state index in [1.807, 2.05) is 20.8 Å². The molecule has 0 aliphatic rings. The Morgan fingerprint density at radius 1 is 0.974 bits per heavy atom. The molecule has 0 fully saturated rings. The first-order chi connectivity index (χ1) is 17.9. The highest BCUT2D eigenvalue weighted by molar-refractivity contribution is 9.10. The summed E-state index contributed by atoms with van der Waals surface area (Å²) in [6, 6.07) is 19.2. The highest BCUT2D eigenvalue weighted by Gasteiger charge is 2.32. The van der Waals surface area contributed by atoms with Crippen LogP contribution in [0.3, 0.4) is 0 Å². The van der Waals surface area contributed by atoms with Crippen molar-refractivity contribution in [3.05, 3.63) is 93.4 Å². The topological polar surface area (TPSA) is 86.8 Å². The van der Waals surface area contributed by atoms with Gasteiger partial charge in [-0.15, -0.1) is 0 Å². The molecule has 3 aromatic carbocycles. The number of hydrogen-bond donors (Lipinski definition) is 1. The Balaban J connectivity index is 2.03. The molecule has 0 saturated carbocycles. The SMILES string of the molecule is Cc1ccc(S(=O)(=O)N(CC(=O)N(Cc2cccc(Cl)c2)C(C)C(=O)NC(C)C)c2cccc(Br)c2)cc1. The molecule has 0 aliphatic carbocycles. The summed E-state index contributed by atoms with van der Waals surface area (Å²) in [6.07, 6.45) is 0. The van der Waals surface area contributed by atoms with E-state index in [-0.39, 0.29) is 23.4 Å².